The molecule has 0 spiro atoms. The molecule has 236 valence electrons. The lowest BCUT2D eigenvalue weighted by molar-refractivity contribution is -0.252. The van der Waals surface area contributed by atoms with Crippen LogP contribution in [-0.2, 0) is 35.7 Å². The molecule has 46 heavy (non-hydrogen) atoms. The van der Waals surface area contributed by atoms with Gasteiger partial charge >= 0.3 is 6.03 Å². The van der Waals surface area contributed by atoms with E-state index in [-0.39, 0.29) is 30.0 Å². The summed E-state index contributed by atoms with van der Waals surface area (Å²) in [7, 11) is 0. The number of hydrogen-bond donors (Lipinski definition) is 3. The molecule has 5 aromatic rings. The van der Waals surface area contributed by atoms with Crippen LogP contribution >= 0.6 is 23.2 Å². The first kappa shape index (κ1) is 31.8. The molecule has 3 N–H and O–H groups in total. The number of aromatic nitrogens is 2. The second kappa shape index (κ2) is 14.9. The van der Waals surface area contributed by atoms with Crippen molar-refractivity contribution in [2.75, 3.05) is 0 Å². The van der Waals surface area contributed by atoms with Crippen molar-refractivity contribution in [3.63, 3.8) is 0 Å². The summed E-state index contributed by atoms with van der Waals surface area (Å²) in [5, 5.41) is 15.9. The monoisotopic (exact) mass is 656 g/mol. The maximum atomic E-state index is 12.3. The van der Waals surface area contributed by atoms with Gasteiger partial charge in [0.05, 0.1) is 31.7 Å². The Labute approximate surface area is 277 Å². The van der Waals surface area contributed by atoms with Crippen LogP contribution in [0.15, 0.2) is 109 Å². The number of nitrogens with one attached hydrogen (secondary N) is 2. The van der Waals surface area contributed by atoms with Gasteiger partial charge in [0.15, 0.2) is 11.4 Å². The number of aliphatic hydroxyl groups is 1. The van der Waals surface area contributed by atoms with E-state index in [9.17, 15) is 9.90 Å². The number of urea groups is 1. The van der Waals surface area contributed by atoms with Crippen LogP contribution in [0.4, 0.5) is 4.79 Å². The van der Waals surface area contributed by atoms with Crippen LogP contribution in [0.25, 0.3) is 11.1 Å². The number of hydrogen-bond acceptors (Lipinski definition) is 5. The standard InChI is InChI=1S/C36H34Cl2N4O4/c37-33-34(38)42(23-41-33)21-31-18-32(28-11-9-25(22-43)10-12-28)46-35(45-31)29-15-13-27(14-16-29)30-8-4-7-26(17-30)20-40-36(44)39-19-24-5-2-1-3-6-24/h1-17,23,31-32,35,43H,18-22H2,(H2,39,40,44)/t31-,32+,35+/m1/s1. The number of aliphatic hydroxyl groups excluding tert-OH is 1. The van der Waals surface area contributed by atoms with E-state index in [1.807, 2.05) is 97.1 Å². The Hall–Kier alpha value is -4.18. The molecule has 1 aliphatic rings. The first-order valence-corrected chi connectivity index (χ1v) is 15.8. The zero-order chi connectivity index (χ0) is 31.9. The number of halogens is 2. The van der Waals surface area contributed by atoms with Crippen molar-refractivity contribution in [2.24, 2.45) is 0 Å². The lowest BCUT2D eigenvalue weighted by Gasteiger charge is -2.36. The fourth-order valence-corrected chi connectivity index (χ4v) is 5.75. The summed E-state index contributed by atoms with van der Waals surface area (Å²) in [5.41, 5.74) is 6.82. The normalized spacial score (nSPS) is 17.8. The van der Waals surface area contributed by atoms with Gasteiger partial charge in [0.1, 0.15) is 5.15 Å². The van der Waals surface area contributed by atoms with Crippen LogP contribution in [0.3, 0.4) is 0 Å². The third kappa shape index (κ3) is 7.96. The van der Waals surface area contributed by atoms with Crippen LogP contribution in [0.1, 0.15) is 46.6 Å². The Morgan fingerprint density at radius 3 is 2.20 bits per heavy atom. The van der Waals surface area contributed by atoms with E-state index in [4.69, 9.17) is 32.7 Å². The Balaban J connectivity index is 1.13. The highest BCUT2D eigenvalue weighted by Crippen LogP contribution is 2.39. The molecule has 0 bridgehead atoms. The maximum absolute atomic E-state index is 12.3. The molecule has 6 rings (SSSR count). The average Bonchev–Trinajstić information content (AvgIpc) is 3.42. The second-order valence-electron chi connectivity index (χ2n) is 11.2. The largest absolute Gasteiger partial charge is 0.392 e. The molecule has 1 aliphatic heterocycles. The van der Waals surface area contributed by atoms with Gasteiger partial charge in [-0.25, -0.2) is 9.78 Å². The molecule has 0 radical (unpaired) electrons. The van der Waals surface area contributed by atoms with Crippen molar-refractivity contribution in [3.05, 3.63) is 148 Å². The number of benzene rings is 4. The van der Waals surface area contributed by atoms with Crippen molar-refractivity contribution in [1.29, 1.82) is 0 Å². The molecule has 0 saturated carbocycles. The van der Waals surface area contributed by atoms with Crippen LogP contribution in [0, 0.1) is 0 Å². The predicted molar refractivity (Wildman–Crippen MR) is 178 cm³/mol. The van der Waals surface area contributed by atoms with Crippen LogP contribution < -0.4 is 10.6 Å². The Morgan fingerprint density at radius 2 is 1.50 bits per heavy atom. The molecule has 0 unspecified atom stereocenters. The average molecular weight is 658 g/mol. The van der Waals surface area contributed by atoms with Gasteiger partial charge in [-0.15, -0.1) is 0 Å². The van der Waals surface area contributed by atoms with Gasteiger partial charge in [-0.1, -0.05) is 120 Å². The van der Waals surface area contributed by atoms with Crippen molar-refractivity contribution < 1.29 is 19.4 Å². The minimum Gasteiger partial charge on any atom is -0.392 e. The predicted octanol–water partition coefficient (Wildman–Crippen LogP) is 7.59. The van der Waals surface area contributed by atoms with Gasteiger partial charge in [0, 0.05) is 25.1 Å². The molecule has 0 aliphatic carbocycles. The lowest BCUT2D eigenvalue weighted by Crippen LogP contribution is -2.34. The van der Waals surface area contributed by atoms with Crippen molar-refractivity contribution in [1.82, 2.24) is 20.2 Å². The number of ether oxygens (including phenoxy) is 2. The molecule has 1 fully saturated rings. The molecule has 2 heterocycles. The van der Waals surface area contributed by atoms with Gasteiger partial charge in [0.2, 0.25) is 0 Å². The molecule has 10 heteroatoms. The van der Waals surface area contributed by atoms with E-state index >= 15 is 0 Å². The summed E-state index contributed by atoms with van der Waals surface area (Å²) in [6.45, 7) is 1.32. The Kier molecular flexibility index (Phi) is 10.3. The fraction of sp³-hybridized carbons (Fsp3) is 0.222. The molecular formula is C36H34Cl2N4O4. The minimum atomic E-state index is -0.613. The molecular weight excluding hydrogens is 623 g/mol. The fourth-order valence-electron chi connectivity index (χ4n) is 5.44. The van der Waals surface area contributed by atoms with E-state index in [1.54, 1.807) is 10.9 Å². The Morgan fingerprint density at radius 1 is 0.804 bits per heavy atom. The van der Waals surface area contributed by atoms with E-state index in [2.05, 4.69) is 21.7 Å². The third-order valence-electron chi connectivity index (χ3n) is 7.94. The third-order valence-corrected chi connectivity index (χ3v) is 8.71. The van der Waals surface area contributed by atoms with Crippen LogP contribution in [0.2, 0.25) is 10.3 Å². The smallest absolute Gasteiger partial charge is 0.315 e. The number of imidazole rings is 1. The van der Waals surface area contributed by atoms with Crippen LogP contribution in [0.5, 0.6) is 0 Å². The SMILES string of the molecule is O=C(NCc1ccccc1)NCc1cccc(-c2ccc([C@H]3O[C@@H](Cn4cnc(Cl)c4Cl)C[C@@H](c4ccc(CO)cc4)O3)cc2)c1. The Bertz CT molecular complexity index is 1750. The second-order valence-corrected chi connectivity index (χ2v) is 11.9. The van der Waals surface area contributed by atoms with E-state index in [0.29, 0.717) is 31.2 Å². The molecule has 1 saturated heterocycles. The molecule has 3 atom stereocenters. The molecule has 4 aromatic carbocycles. The van der Waals surface area contributed by atoms with Gasteiger partial charge in [-0.3, -0.25) is 0 Å². The minimum absolute atomic E-state index is 0.0179. The van der Waals surface area contributed by atoms with Crippen LogP contribution in [-0.4, -0.2) is 26.8 Å². The van der Waals surface area contributed by atoms with Gasteiger partial charge < -0.3 is 29.8 Å². The topological polar surface area (TPSA) is 97.6 Å². The first-order valence-electron chi connectivity index (χ1n) is 15.1. The number of rotatable bonds is 10. The summed E-state index contributed by atoms with van der Waals surface area (Å²) in [6, 6.07) is 33.6. The molecule has 2 amide bonds. The summed E-state index contributed by atoms with van der Waals surface area (Å²) >= 11 is 12.5. The van der Waals surface area contributed by atoms with Gasteiger partial charge in [0.25, 0.3) is 0 Å². The summed E-state index contributed by atoms with van der Waals surface area (Å²) in [6.07, 6.45) is 1.14. The number of carbonyl (C=O) groups is 1. The first-order chi connectivity index (χ1) is 22.4. The number of nitrogens with zero attached hydrogens (tertiary/aromatic N) is 2. The number of amides is 2. The summed E-state index contributed by atoms with van der Waals surface area (Å²) < 4.78 is 14.7. The summed E-state index contributed by atoms with van der Waals surface area (Å²) in [4.78, 5) is 16.4. The van der Waals surface area contributed by atoms with Crippen molar-refractivity contribution in [3.8, 4) is 11.1 Å². The lowest BCUT2D eigenvalue weighted by atomic mass is 9.99. The zero-order valence-electron chi connectivity index (χ0n) is 25.0. The molecule has 1 aromatic heterocycles. The summed E-state index contributed by atoms with van der Waals surface area (Å²) in [5.74, 6) is 0. The van der Waals surface area contributed by atoms with Gasteiger partial charge in [-0.2, -0.15) is 0 Å². The van der Waals surface area contributed by atoms with E-state index in [1.165, 1.54) is 0 Å². The van der Waals surface area contributed by atoms with Crippen molar-refractivity contribution >= 4 is 29.2 Å². The highest BCUT2D eigenvalue weighted by molar-refractivity contribution is 6.40. The van der Waals surface area contributed by atoms with E-state index < -0.39 is 6.29 Å². The van der Waals surface area contributed by atoms with Gasteiger partial charge in [-0.05, 0) is 39.4 Å². The highest BCUT2D eigenvalue weighted by Gasteiger charge is 2.33. The van der Waals surface area contributed by atoms with E-state index in [0.717, 1.165) is 38.9 Å². The maximum Gasteiger partial charge on any atom is 0.315 e. The quantitative estimate of drug-likeness (QED) is 0.144. The highest BCUT2D eigenvalue weighted by atomic mass is 35.5. The zero-order valence-corrected chi connectivity index (χ0v) is 26.5. The molecule has 8 nitrogen and oxygen atoms in total. The number of carbonyl (C=O) groups excluding carboxylic acids is 1. The van der Waals surface area contributed by atoms with Crippen molar-refractivity contribution in [2.45, 2.75) is 51.2 Å².